The van der Waals surface area contributed by atoms with Crippen molar-refractivity contribution in [2.75, 3.05) is 6.54 Å². The first kappa shape index (κ1) is 22.0. The SMILES string of the molecule is O=C(c1nc(-c2ccc(F)cc2)c2ccccn12)N1CC[C@](O)(c2ccccc2)[C@H]2CCCC[C@H]21. The number of likely N-dealkylation sites (tertiary alicyclic amines) is 1. The Balaban J connectivity index is 1.39. The van der Waals surface area contributed by atoms with E-state index in [0.717, 1.165) is 42.3 Å². The molecule has 6 rings (SSSR count). The molecule has 6 heteroatoms. The molecule has 2 aliphatic rings. The summed E-state index contributed by atoms with van der Waals surface area (Å²) in [5.74, 6) is -0.0868. The Morgan fingerprint density at radius 3 is 2.51 bits per heavy atom. The molecule has 2 fully saturated rings. The average molecular weight is 470 g/mol. The average Bonchev–Trinajstić information content (AvgIpc) is 3.29. The molecule has 1 aliphatic heterocycles. The Kier molecular flexibility index (Phi) is 5.41. The van der Waals surface area contributed by atoms with Crippen molar-refractivity contribution < 1.29 is 14.3 Å². The Labute approximate surface area is 203 Å². The van der Waals surface area contributed by atoms with Crippen molar-refractivity contribution in [2.24, 2.45) is 5.92 Å². The highest BCUT2D eigenvalue weighted by atomic mass is 19.1. The molecule has 1 amide bonds. The van der Waals surface area contributed by atoms with Crippen LogP contribution < -0.4 is 0 Å². The minimum Gasteiger partial charge on any atom is -0.385 e. The van der Waals surface area contributed by atoms with Crippen molar-refractivity contribution in [3.63, 3.8) is 0 Å². The smallest absolute Gasteiger partial charge is 0.290 e. The molecule has 0 spiro atoms. The zero-order valence-corrected chi connectivity index (χ0v) is 19.5. The summed E-state index contributed by atoms with van der Waals surface area (Å²) in [6, 6.07) is 21.8. The molecule has 1 N–H and O–H groups in total. The van der Waals surface area contributed by atoms with Crippen LogP contribution in [0.2, 0.25) is 0 Å². The van der Waals surface area contributed by atoms with Gasteiger partial charge in [0.25, 0.3) is 5.91 Å². The van der Waals surface area contributed by atoms with E-state index < -0.39 is 5.60 Å². The number of benzene rings is 2. The third kappa shape index (κ3) is 3.64. The molecule has 4 aromatic rings. The fourth-order valence-electron chi connectivity index (χ4n) is 6.16. The number of piperidine rings is 1. The molecule has 2 aromatic heterocycles. The van der Waals surface area contributed by atoms with Crippen molar-refractivity contribution in [1.82, 2.24) is 14.3 Å². The second-order valence-corrected chi connectivity index (χ2v) is 9.74. The number of amides is 1. The number of pyridine rings is 1. The maximum Gasteiger partial charge on any atom is 0.290 e. The van der Waals surface area contributed by atoms with E-state index in [4.69, 9.17) is 4.98 Å². The summed E-state index contributed by atoms with van der Waals surface area (Å²) in [5, 5.41) is 11.9. The summed E-state index contributed by atoms with van der Waals surface area (Å²) in [6.07, 6.45) is 6.21. The number of hydrogen-bond acceptors (Lipinski definition) is 3. The normalized spacial score (nSPS) is 24.3. The first-order chi connectivity index (χ1) is 17.1. The lowest BCUT2D eigenvalue weighted by Crippen LogP contribution is -2.59. The number of carbonyl (C=O) groups is 1. The zero-order chi connectivity index (χ0) is 24.0. The van der Waals surface area contributed by atoms with Crippen LogP contribution in [0.4, 0.5) is 4.39 Å². The Bertz CT molecular complexity index is 1370. The van der Waals surface area contributed by atoms with Crippen LogP contribution in [0.3, 0.4) is 0 Å². The van der Waals surface area contributed by atoms with Crippen molar-refractivity contribution in [3.8, 4) is 11.3 Å². The van der Waals surface area contributed by atoms with Gasteiger partial charge < -0.3 is 10.0 Å². The molecule has 1 saturated heterocycles. The molecule has 1 saturated carbocycles. The van der Waals surface area contributed by atoms with E-state index in [0.29, 0.717) is 24.5 Å². The predicted octanol–water partition coefficient (Wildman–Crippen LogP) is 5.43. The van der Waals surface area contributed by atoms with Gasteiger partial charge in [-0.15, -0.1) is 0 Å². The highest BCUT2D eigenvalue weighted by Gasteiger charge is 2.50. The fourth-order valence-corrected chi connectivity index (χ4v) is 6.16. The molecule has 178 valence electrons. The molecular formula is C29H28FN3O2. The summed E-state index contributed by atoms with van der Waals surface area (Å²) in [7, 11) is 0. The van der Waals surface area contributed by atoms with Crippen LogP contribution in [0.1, 0.15) is 48.3 Å². The Morgan fingerprint density at radius 2 is 1.71 bits per heavy atom. The van der Waals surface area contributed by atoms with Crippen LogP contribution in [0, 0.1) is 11.7 Å². The third-order valence-electron chi connectivity index (χ3n) is 7.87. The van der Waals surface area contributed by atoms with Crippen molar-refractivity contribution in [1.29, 1.82) is 0 Å². The zero-order valence-electron chi connectivity index (χ0n) is 19.5. The van der Waals surface area contributed by atoms with Crippen molar-refractivity contribution in [3.05, 3.63) is 96.2 Å². The van der Waals surface area contributed by atoms with Gasteiger partial charge in [0.15, 0.2) is 0 Å². The van der Waals surface area contributed by atoms with E-state index in [9.17, 15) is 14.3 Å². The largest absolute Gasteiger partial charge is 0.385 e. The van der Waals surface area contributed by atoms with Gasteiger partial charge >= 0.3 is 0 Å². The molecular weight excluding hydrogens is 441 g/mol. The highest BCUT2D eigenvalue weighted by molar-refractivity contribution is 5.95. The van der Waals surface area contributed by atoms with Gasteiger partial charge in [0, 0.05) is 30.3 Å². The van der Waals surface area contributed by atoms with Gasteiger partial charge in [0.05, 0.1) is 16.8 Å². The topological polar surface area (TPSA) is 57.8 Å². The van der Waals surface area contributed by atoms with Gasteiger partial charge in [0.2, 0.25) is 5.82 Å². The van der Waals surface area contributed by atoms with Crippen LogP contribution in [0.25, 0.3) is 16.8 Å². The van der Waals surface area contributed by atoms with Crippen LogP contribution in [-0.4, -0.2) is 37.9 Å². The van der Waals surface area contributed by atoms with Gasteiger partial charge in [-0.3, -0.25) is 9.20 Å². The van der Waals surface area contributed by atoms with E-state index in [-0.39, 0.29) is 23.7 Å². The van der Waals surface area contributed by atoms with Crippen LogP contribution in [0.15, 0.2) is 79.0 Å². The molecule has 3 atom stereocenters. The number of nitrogens with zero attached hydrogens (tertiary/aromatic N) is 3. The van der Waals surface area contributed by atoms with E-state index in [1.54, 1.807) is 12.1 Å². The first-order valence-corrected chi connectivity index (χ1v) is 12.4. The molecule has 0 bridgehead atoms. The highest BCUT2D eigenvalue weighted by Crippen LogP contribution is 2.47. The molecule has 2 aromatic carbocycles. The molecule has 35 heavy (non-hydrogen) atoms. The molecule has 0 radical (unpaired) electrons. The van der Waals surface area contributed by atoms with Gasteiger partial charge in [-0.1, -0.05) is 49.2 Å². The van der Waals surface area contributed by atoms with E-state index in [1.165, 1.54) is 12.1 Å². The summed E-state index contributed by atoms with van der Waals surface area (Å²) < 4.78 is 15.4. The molecule has 5 nitrogen and oxygen atoms in total. The first-order valence-electron chi connectivity index (χ1n) is 12.4. The standard InChI is InChI=1S/C29H28FN3O2/c30-22-15-13-20(14-16-22)26-25-12-6-7-18-32(25)27(31-26)28(34)33-19-17-29(35,21-8-2-1-3-9-21)23-10-4-5-11-24(23)33/h1-3,6-9,12-16,18,23-24,35H,4-5,10-11,17,19H2/t23-,24+,29-/m0/s1. The number of imidazole rings is 1. The molecule has 1 aliphatic carbocycles. The van der Waals surface area contributed by atoms with Gasteiger partial charge in [-0.2, -0.15) is 0 Å². The predicted molar refractivity (Wildman–Crippen MR) is 132 cm³/mol. The van der Waals surface area contributed by atoms with E-state index >= 15 is 0 Å². The number of fused-ring (bicyclic) bond motifs is 2. The number of aromatic nitrogens is 2. The van der Waals surface area contributed by atoms with Gasteiger partial charge in [0.1, 0.15) is 5.82 Å². The van der Waals surface area contributed by atoms with Crippen LogP contribution in [-0.2, 0) is 5.60 Å². The minimum atomic E-state index is -0.933. The van der Waals surface area contributed by atoms with Gasteiger partial charge in [-0.25, -0.2) is 9.37 Å². The quantitative estimate of drug-likeness (QED) is 0.435. The van der Waals surface area contributed by atoms with E-state index in [2.05, 4.69) is 0 Å². The van der Waals surface area contributed by atoms with Crippen molar-refractivity contribution in [2.45, 2.75) is 43.7 Å². The van der Waals surface area contributed by atoms with E-state index in [1.807, 2.05) is 64.0 Å². The lowest BCUT2D eigenvalue weighted by molar-refractivity contribution is -0.110. The van der Waals surface area contributed by atoms with Gasteiger partial charge in [-0.05, 0) is 61.2 Å². The third-order valence-corrected chi connectivity index (χ3v) is 7.87. The maximum absolute atomic E-state index is 14.0. The second-order valence-electron chi connectivity index (χ2n) is 9.74. The minimum absolute atomic E-state index is 0.0147. The number of carbonyl (C=O) groups excluding carboxylic acids is 1. The lowest BCUT2D eigenvalue weighted by atomic mass is 9.66. The monoisotopic (exact) mass is 469 g/mol. The van der Waals surface area contributed by atoms with Crippen LogP contribution >= 0.6 is 0 Å². The van der Waals surface area contributed by atoms with Crippen LogP contribution in [0.5, 0.6) is 0 Å². The molecule has 0 unspecified atom stereocenters. The summed E-state index contributed by atoms with van der Waals surface area (Å²) in [5.41, 5.74) is 2.24. The maximum atomic E-state index is 14.0. The van der Waals surface area contributed by atoms with Crippen molar-refractivity contribution >= 4 is 11.4 Å². The number of halogens is 1. The summed E-state index contributed by atoms with van der Waals surface area (Å²) in [4.78, 5) is 20.7. The summed E-state index contributed by atoms with van der Waals surface area (Å²) >= 11 is 0. The fraction of sp³-hybridized carbons (Fsp3) is 0.310. The second kappa shape index (κ2) is 8.61. The number of aliphatic hydroxyl groups is 1. The number of rotatable bonds is 3. The lowest BCUT2D eigenvalue weighted by Gasteiger charge is -2.52. The molecule has 3 heterocycles. The Hall–Kier alpha value is -3.51. The Morgan fingerprint density at radius 1 is 0.971 bits per heavy atom. The summed E-state index contributed by atoms with van der Waals surface area (Å²) in [6.45, 7) is 0.471. The number of hydrogen-bond donors (Lipinski definition) is 1.